The lowest BCUT2D eigenvalue weighted by molar-refractivity contribution is 0.186. The van der Waals surface area contributed by atoms with Crippen molar-refractivity contribution in [3.05, 3.63) is 22.7 Å². The first-order valence-electron chi connectivity index (χ1n) is 4.43. The van der Waals surface area contributed by atoms with Gasteiger partial charge in [0.2, 0.25) is 0 Å². The fourth-order valence-corrected chi connectivity index (χ4v) is 3.34. The third kappa shape index (κ3) is 3.04. The molecule has 0 aliphatic carbocycles. The average molecular weight is 264 g/mol. The Bertz CT molecular complexity index is 346. The van der Waals surface area contributed by atoms with Gasteiger partial charge in [0.25, 0.3) is 0 Å². The molecule has 5 heteroatoms. The van der Waals surface area contributed by atoms with Gasteiger partial charge in [0.1, 0.15) is 0 Å². The summed E-state index contributed by atoms with van der Waals surface area (Å²) in [4.78, 5) is 2.13. The summed E-state index contributed by atoms with van der Waals surface area (Å²) in [5.41, 5.74) is 6.19. The minimum atomic E-state index is -0.635. The first-order valence-corrected chi connectivity index (χ1v) is 7.26. The molecule has 0 saturated carbocycles. The lowest BCUT2D eigenvalue weighted by Crippen LogP contribution is -2.11. The molecule has 0 aliphatic rings. The summed E-state index contributed by atoms with van der Waals surface area (Å²) in [5, 5.41) is 10.3. The first-order chi connectivity index (χ1) is 7.13. The van der Waals surface area contributed by atoms with Crippen LogP contribution in [0.25, 0.3) is 0 Å². The van der Waals surface area contributed by atoms with Gasteiger partial charge in [-0.05, 0) is 30.2 Å². The topological polar surface area (TPSA) is 46.2 Å². The first kappa shape index (κ1) is 13.2. The third-order valence-corrected chi connectivity index (χ3v) is 4.21. The Morgan fingerprint density at radius 1 is 1.40 bits per heavy atom. The van der Waals surface area contributed by atoms with Crippen LogP contribution >= 0.6 is 35.1 Å². The number of hydrogen-bond donors (Lipinski definition) is 2. The van der Waals surface area contributed by atoms with Crippen molar-refractivity contribution in [2.45, 2.75) is 15.9 Å². The van der Waals surface area contributed by atoms with Gasteiger partial charge in [0.05, 0.1) is 11.1 Å². The van der Waals surface area contributed by atoms with Crippen LogP contribution in [0.3, 0.4) is 0 Å². The predicted molar refractivity (Wildman–Crippen MR) is 69.0 cm³/mol. The third-order valence-electron chi connectivity index (χ3n) is 2.06. The lowest BCUT2D eigenvalue weighted by Gasteiger charge is -2.13. The van der Waals surface area contributed by atoms with Crippen molar-refractivity contribution in [3.63, 3.8) is 0 Å². The Balaban J connectivity index is 3.19. The van der Waals surface area contributed by atoms with Crippen LogP contribution in [-0.4, -0.2) is 24.2 Å². The molecule has 0 amide bonds. The molecule has 2 nitrogen and oxygen atoms in total. The van der Waals surface area contributed by atoms with E-state index in [4.69, 9.17) is 17.3 Å². The van der Waals surface area contributed by atoms with Crippen molar-refractivity contribution in [1.29, 1.82) is 0 Å². The number of thioether (sulfide) groups is 2. The van der Waals surface area contributed by atoms with E-state index in [9.17, 15) is 5.11 Å². The van der Waals surface area contributed by atoms with Crippen LogP contribution in [0.1, 0.15) is 11.7 Å². The van der Waals surface area contributed by atoms with Crippen LogP contribution in [0.4, 0.5) is 0 Å². The van der Waals surface area contributed by atoms with E-state index >= 15 is 0 Å². The molecule has 15 heavy (non-hydrogen) atoms. The average Bonchev–Trinajstić information content (AvgIpc) is 2.26. The molecular formula is C10H14ClNOS2. The Hall–Kier alpha value is 0.130. The number of benzene rings is 1. The molecule has 0 radical (unpaired) electrons. The SMILES string of the molecule is CSc1cc(C(O)CN)cc(Cl)c1SC. The normalized spacial score (nSPS) is 12.9. The van der Waals surface area contributed by atoms with Crippen LogP contribution in [0.5, 0.6) is 0 Å². The quantitative estimate of drug-likeness (QED) is 0.820. The standard InChI is InChI=1S/C10H14ClNOS2/c1-14-9-4-6(8(13)5-12)3-7(11)10(9)15-2/h3-4,8,13H,5,12H2,1-2H3. The van der Waals surface area contributed by atoms with Gasteiger partial charge in [0, 0.05) is 16.3 Å². The molecule has 1 unspecified atom stereocenters. The molecule has 1 aromatic rings. The zero-order valence-corrected chi connectivity index (χ0v) is 11.0. The van der Waals surface area contributed by atoms with E-state index in [1.54, 1.807) is 29.6 Å². The van der Waals surface area contributed by atoms with E-state index in [1.807, 2.05) is 18.6 Å². The molecule has 3 N–H and O–H groups in total. The Morgan fingerprint density at radius 3 is 2.53 bits per heavy atom. The van der Waals surface area contributed by atoms with Crippen LogP contribution in [0, 0.1) is 0 Å². The summed E-state index contributed by atoms with van der Waals surface area (Å²) < 4.78 is 0. The van der Waals surface area contributed by atoms with Crippen LogP contribution in [0.15, 0.2) is 21.9 Å². The molecule has 0 aliphatic heterocycles. The lowest BCUT2D eigenvalue weighted by atomic mass is 10.1. The molecule has 0 aromatic heterocycles. The van der Waals surface area contributed by atoms with Crippen molar-refractivity contribution in [2.24, 2.45) is 5.73 Å². The summed E-state index contributed by atoms with van der Waals surface area (Å²) in [6.45, 7) is 0.211. The van der Waals surface area contributed by atoms with Gasteiger partial charge < -0.3 is 10.8 Å². The van der Waals surface area contributed by atoms with Crippen molar-refractivity contribution in [2.75, 3.05) is 19.1 Å². The fourth-order valence-electron chi connectivity index (χ4n) is 1.27. The Labute approximate surface area is 104 Å². The highest BCUT2D eigenvalue weighted by atomic mass is 35.5. The number of aliphatic hydroxyl groups excluding tert-OH is 1. The van der Waals surface area contributed by atoms with Gasteiger partial charge in [0.15, 0.2) is 0 Å². The molecule has 1 rings (SSSR count). The second-order valence-electron chi connectivity index (χ2n) is 2.99. The zero-order chi connectivity index (χ0) is 11.4. The number of halogens is 1. The van der Waals surface area contributed by atoms with E-state index in [0.29, 0.717) is 5.02 Å². The van der Waals surface area contributed by atoms with Gasteiger partial charge in [-0.15, -0.1) is 23.5 Å². The molecule has 0 fully saturated rings. The van der Waals surface area contributed by atoms with Crippen LogP contribution in [-0.2, 0) is 0 Å². The van der Waals surface area contributed by atoms with Crippen molar-refractivity contribution in [1.82, 2.24) is 0 Å². The summed E-state index contributed by atoms with van der Waals surface area (Å²) in [5.74, 6) is 0. The van der Waals surface area contributed by atoms with E-state index in [-0.39, 0.29) is 6.54 Å². The molecule has 84 valence electrons. The van der Waals surface area contributed by atoms with E-state index < -0.39 is 6.10 Å². The Kier molecular flexibility index (Phi) is 5.29. The van der Waals surface area contributed by atoms with Gasteiger partial charge in [-0.1, -0.05) is 11.6 Å². The second kappa shape index (κ2) is 6.01. The van der Waals surface area contributed by atoms with Crippen molar-refractivity contribution >= 4 is 35.1 Å². The summed E-state index contributed by atoms with van der Waals surface area (Å²) in [6, 6.07) is 3.73. The number of hydrogen-bond acceptors (Lipinski definition) is 4. The molecule has 0 saturated heterocycles. The molecule has 0 spiro atoms. The van der Waals surface area contributed by atoms with Crippen molar-refractivity contribution in [3.8, 4) is 0 Å². The maximum Gasteiger partial charge on any atom is 0.0913 e. The fraction of sp³-hybridized carbons (Fsp3) is 0.400. The molecule has 0 bridgehead atoms. The van der Waals surface area contributed by atoms with Gasteiger partial charge in [-0.3, -0.25) is 0 Å². The molecule has 1 aromatic carbocycles. The van der Waals surface area contributed by atoms with E-state index in [1.165, 1.54) is 0 Å². The largest absolute Gasteiger partial charge is 0.387 e. The summed E-state index contributed by atoms with van der Waals surface area (Å²) in [6.07, 6.45) is 3.34. The monoisotopic (exact) mass is 263 g/mol. The zero-order valence-electron chi connectivity index (χ0n) is 8.66. The van der Waals surface area contributed by atoms with Crippen LogP contribution < -0.4 is 5.73 Å². The smallest absolute Gasteiger partial charge is 0.0913 e. The van der Waals surface area contributed by atoms with E-state index in [2.05, 4.69) is 0 Å². The minimum Gasteiger partial charge on any atom is -0.387 e. The van der Waals surface area contributed by atoms with E-state index in [0.717, 1.165) is 15.4 Å². The predicted octanol–water partition coefficient (Wildman–Crippen LogP) is 2.78. The van der Waals surface area contributed by atoms with Gasteiger partial charge >= 0.3 is 0 Å². The minimum absolute atomic E-state index is 0.211. The number of aliphatic hydroxyl groups is 1. The number of nitrogens with two attached hydrogens (primary N) is 1. The molecule has 0 heterocycles. The summed E-state index contributed by atoms with van der Waals surface area (Å²) >= 11 is 9.36. The molecular weight excluding hydrogens is 250 g/mol. The molecule has 1 atom stereocenters. The highest BCUT2D eigenvalue weighted by Crippen LogP contribution is 2.36. The number of rotatable bonds is 4. The highest BCUT2D eigenvalue weighted by molar-refractivity contribution is 8.01. The Morgan fingerprint density at radius 2 is 2.07 bits per heavy atom. The van der Waals surface area contributed by atoms with Gasteiger partial charge in [-0.25, -0.2) is 0 Å². The summed E-state index contributed by atoms with van der Waals surface area (Å²) in [7, 11) is 0. The maximum atomic E-state index is 9.64. The van der Waals surface area contributed by atoms with Gasteiger partial charge in [-0.2, -0.15) is 0 Å². The maximum absolute atomic E-state index is 9.64. The van der Waals surface area contributed by atoms with Crippen molar-refractivity contribution < 1.29 is 5.11 Å². The highest BCUT2D eigenvalue weighted by Gasteiger charge is 2.12. The second-order valence-corrected chi connectivity index (χ2v) is 5.06. The van der Waals surface area contributed by atoms with Crippen LogP contribution in [0.2, 0.25) is 5.02 Å².